The van der Waals surface area contributed by atoms with E-state index in [1.54, 1.807) is 26.0 Å². The first kappa shape index (κ1) is 15.5. The van der Waals surface area contributed by atoms with E-state index in [9.17, 15) is 4.79 Å². The lowest BCUT2D eigenvalue weighted by atomic mass is 9.98. The van der Waals surface area contributed by atoms with Gasteiger partial charge in [-0.2, -0.15) is 0 Å². The minimum Gasteiger partial charge on any atom is -0.493 e. The Balaban J connectivity index is 1.83. The van der Waals surface area contributed by atoms with Gasteiger partial charge in [-0.25, -0.2) is 0 Å². The van der Waals surface area contributed by atoms with Gasteiger partial charge < -0.3 is 23.8 Å². The van der Waals surface area contributed by atoms with Gasteiger partial charge in [0, 0.05) is 13.1 Å². The summed E-state index contributed by atoms with van der Waals surface area (Å²) < 4.78 is 21.6. The van der Waals surface area contributed by atoms with Crippen molar-refractivity contribution in [2.24, 2.45) is 0 Å². The summed E-state index contributed by atoms with van der Waals surface area (Å²) in [4.78, 5) is 14.4. The number of hydrogen-bond donors (Lipinski definition) is 0. The van der Waals surface area contributed by atoms with Crippen molar-refractivity contribution >= 4 is 5.91 Å². The second kappa shape index (κ2) is 6.40. The molecule has 1 amide bonds. The van der Waals surface area contributed by atoms with Crippen LogP contribution in [0, 0.1) is 0 Å². The summed E-state index contributed by atoms with van der Waals surface area (Å²) in [6.45, 7) is 3.82. The second-order valence-corrected chi connectivity index (χ2v) is 5.53. The van der Waals surface area contributed by atoms with Crippen LogP contribution in [-0.4, -0.2) is 44.8 Å². The normalized spacial score (nSPS) is 17.1. The number of nitrogens with zero attached hydrogens (tertiary/aromatic N) is 1. The molecule has 2 aliphatic heterocycles. The first-order chi connectivity index (χ1) is 11.1. The van der Waals surface area contributed by atoms with E-state index in [4.69, 9.17) is 18.9 Å². The number of methoxy groups -OCH3 is 2. The highest BCUT2D eigenvalue weighted by atomic mass is 16.6. The zero-order valence-electron chi connectivity index (χ0n) is 13.7. The van der Waals surface area contributed by atoms with Crippen LogP contribution in [0.3, 0.4) is 0 Å². The molecule has 2 aliphatic rings. The van der Waals surface area contributed by atoms with E-state index in [0.717, 1.165) is 12.0 Å². The van der Waals surface area contributed by atoms with Gasteiger partial charge in [0.15, 0.2) is 11.5 Å². The van der Waals surface area contributed by atoms with Crippen molar-refractivity contribution in [3.8, 4) is 11.5 Å². The van der Waals surface area contributed by atoms with Crippen LogP contribution in [0.2, 0.25) is 0 Å². The molecule has 23 heavy (non-hydrogen) atoms. The van der Waals surface area contributed by atoms with E-state index >= 15 is 0 Å². The number of rotatable bonds is 3. The molecule has 1 aromatic carbocycles. The molecule has 0 fully saturated rings. The zero-order chi connectivity index (χ0) is 16.4. The molecule has 6 nitrogen and oxygen atoms in total. The van der Waals surface area contributed by atoms with Crippen molar-refractivity contribution in [3.63, 3.8) is 0 Å². The van der Waals surface area contributed by atoms with E-state index in [-0.39, 0.29) is 5.91 Å². The van der Waals surface area contributed by atoms with Crippen molar-refractivity contribution < 1.29 is 23.7 Å². The topological polar surface area (TPSA) is 57.2 Å². The fourth-order valence-electron chi connectivity index (χ4n) is 2.92. The number of hydrogen-bond acceptors (Lipinski definition) is 5. The molecule has 2 heterocycles. The smallest absolute Gasteiger partial charge is 0.292 e. The van der Waals surface area contributed by atoms with Crippen LogP contribution >= 0.6 is 0 Å². The van der Waals surface area contributed by atoms with Gasteiger partial charge in [-0.05, 0) is 36.6 Å². The number of fused-ring (bicyclic) bond motifs is 1. The van der Waals surface area contributed by atoms with Crippen LogP contribution in [0.1, 0.15) is 18.1 Å². The van der Waals surface area contributed by atoms with Crippen molar-refractivity contribution in [2.45, 2.75) is 19.9 Å². The van der Waals surface area contributed by atoms with E-state index in [1.165, 1.54) is 5.56 Å². The molecule has 3 rings (SSSR count). The van der Waals surface area contributed by atoms with Crippen LogP contribution in [0.25, 0.3) is 0 Å². The number of ether oxygens (including phenoxy) is 4. The van der Waals surface area contributed by atoms with Crippen LogP contribution in [0.15, 0.2) is 23.7 Å². The summed E-state index contributed by atoms with van der Waals surface area (Å²) in [5, 5.41) is 0. The van der Waals surface area contributed by atoms with E-state index in [0.29, 0.717) is 49.3 Å². The minimum atomic E-state index is -0.123. The Kier molecular flexibility index (Phi) is 4.32. The lowest BCUT2D eigenvalue weighted by molar-refractivity contribution is -0.133. The number of carbonyl (C=O) groups is 1. The van der Waals surface area contributed by atoms with Crippen molar-refractivity contribution in [2.75, 3.05) is 34.0 Å². The Morgan fingerprint density at radius 2 is 1.74 bits per heavy atom. The monoisotopic (exact) mass is 319 g/mol. The Morgan fingerprint density at radius 3 is 2.39 bits per heavy atom. The van der Waals surface area contributed by atoms with Gasteiger partial charge in [0.1, 0.15) is 19.0 Å². The minimum absolute atomic E-state index is 0.123. The highest BCUT2D eigenvalue weighted by Gasteiger charge is 2.28. The maximum Gasteiger partial charge on any atom is 0.292 e. The van der Waals surface area contributed by atoms with E-state index < -0.39 is 0 Å². The van der Waals surface area contributed by atoms with Crippen molar-refractivity contribution in [1.82, 2.24) is 4.90 Å². The molecule has 0 aliphatic carbocycles. The Labute approximate surface area is 135 Å². The van der Waals surface area contributed by atoms with Gasteiger partial charge in [-0.3, -0.25) is 4.79 Å². The van der Waals surface area contributed by atoms with Gasteiger partial charge in [0.2, 0.25) is 5.76 Å². The van der Waals surface area contributed by atoms with Gasteiger partial charge in [0.05, 0.1) is 14.2 Å². The molecule has 0 unspecified atom stereocenters. The van der Waals surface area contributed by atoms with Crippen LogP contribution in [-0.2, 0) is 27.2 Å². The fraction of sp³-hybridized carbons (Fsp3) is 0.471. The lowest BCUT2D eigenvalue weighted by Crippen LogP contribution is -2.38. The number of benzene rings is 1. The summed E-state index contributed by atoms with van der Waals surface area (Å²) in [6.07, 6.45) is 0.772. The Morgan fingerprint density at radius 1 is 1.09 bits per heavy atom. The third-order valence-electron chi connectivity index (χ3n) is 4.17. The van der Waals surface area contributed by atoms with E-state index in [2.05, 4.69) is 0 Å². The SMILES string of the molecule is COc1cc2c(cc1OC)CN(C(=O)C1=C(C)OCCO1)CC2. The third-order valence-corrected chi connectivity index (χ3v) is 4.17. The fourth-order valence-corrected chi connectivity index (χ4v) is 2.92. The molecule has 0 atom stereocenters. The summed E-state index contributed by atoms with van der Waals surface area (Å²) in [6, 6.07) is 3.92. The summed E-state index contributed by atoms with van der Waals surface area (Å²) in [7, 11) is 3.23. The summed E-state index contributed by atoms with van der Waals surface area (Å²) >= 11 is 0. The van der Waals surface area contributed by atoms with Gasteiger partial charge in [-0.15, -0.1) is 0 Å². The molecular formula is C17H21NO5. The highest BCUT2D eigenvalue weighted by molar-refractivity contribution is 5.92. The molecule has 0 radical (unpaired) electrons. The molecule has 1 aromatic rings. The molecule has 6 heteroatoms. The predicted molar refractivity (Wildman–Crippen MR) is 83.3 cm³/mol. The second-order valence-electron chi connectivity index (χ2n) is 5.53. The molecule has 0 aromatic heterocycles. The van der Waals surface area contributed by atoms with Gasteiger partial charge in [-0.1, -0.05) is 0 Å². The average Bonchev–Trinajstić information content (AvgIpc) is 2.59. The predicted octanol–water partition coefficient (Wildman–Crippen LogP) is 1.87. The van der Waals surface area contributed by atoms with Gasteiger partial charge >= 0.3 is 0 Å². The van der Waals surface area contributed by atoms with Crippen LogP contribution < -0.4 is 9.47 Å². The third kappa shape index (κ3) is 2.93. The van der Waals surface area contributed by atoms with Crippen molar-refractivity contribution in [3.05, 3.63) is 34.8 Å². The molecule has 124 valence electrons. The Hall–Kier alpha value is -2.37. The maximum absolute atomic E-state index is 12.7. The molecule has 0 N–H and O–H groups in total. The molecule has 0 bridgehead atoms. The quantitative estimate of drug-likeness (QED) is 0.851. The number of carbonyl (C=O) groups excluding carboxylic acids is 1. The molecular weight excluding hydrogens is 298 g/mol. The number of allylic oxidation sites excluding steroid dienone is 1. The van der Waals surface area contributed by atoms with Crippen LogP contribution in [0.4, 0.5) is 0 Å². The summed E-state index contributed by atoms with van der Waals surface area (Å²) in [5.41, 5.74) is 2.25. The Bertz CT molecular complexity index is 653. The van der Waals surface area contributed by atoms with E-state index in [1.807, 2.05) is 12.1 Å². The first-order valence-electron chi connectivity index (χ1n) is 7.63. The average molecular weight is 319 g/mol. The zero-order valence-corrected chi connectivity index (χ0v) is 13.7. The largest absolute Gasteiger partial charge is 0.493 e. The number of amides is 1. The molecule has 0 saturated heterocycles. The van der Waals surface area contributed by atoms with Gasteiger partial charge in [0.25, 0.3) is 5.91 Å². The van der Waals surface area contributed by atoms with Crippen molar-refractivity contribution in [1.29, 1.82) is 0 Å². The highest BCUT2D eigenvalue weighted by Crippen LogP contribution is 2.33. The molecule has 0 spiro atoms. The maximum atomic E-state index is 12.7. The first-order valence-corrected chi connectivity index (χ1v) is 7.63. The standard InChI is InChI=1S/C17H21NO5/c1-11-16(23-7-6-22-11)17(19)18-5-4-12-8-14(20-2)15(21-3)9-13(12)10-18/h8-9H,4-7,10H2,1-3H3. The lowest BCUT2D eigenvalue weighted by Gasteiger charge is -2.31. The summed E-state index contributed by atoms with van der Waals surface area (Å²) in [5.74, 6) is 2.14. The van der Waals surface area contributed by atoms with Crippen LogP contribution in [0.5, 0.6) is 11.5 Å². The molecule has 0 saturated carbocycles.